The molecule has 0 saturated heterocycles. The Bertz CT molecular complexity index is 1570. The van der Waals surface area contributed by atoms with Gasteiger partial charge in [0.25, 0.3) is 0 Å². The van der Waals surface area contributed by atoms with Crippen molar-refractivity contribution in [2.24, 2.45) is 28.1 Å². The Morgan fingerprint density at radius 1 is 0.870 bits per heavy atom. The van der Waals surface area contributed by atoms with Crippen molar-refractivity contribution in [2.75, 3.05) is 0 Å². The van der Waals surface area contributed by atoms with Crippen molar-refractivity contribution >= 4 is 29.5 Å². The van der Waals surface area contributed by atoms with Crippen LogP contribution in [0.2, 0.25) is 0 Å². The molecule has 0 heterocycles. The normalized spacial score (nSPS) is 36.4. The fraction of sp³-hybridized carbons (Fsp3) is 0.472. The van der Waals surface area contributed by atoms with Gasteiger partial charge in [-0.05, 0) is 43.5 Å². The monoisotopic (exact) mass is 632 g/mol. The lowest BCUT2D eigenvalue weighted by Crippen LogP contribution is -2.79. The van der Waals surface area contributed by atoms with Crippen molar-refractivity contribution in [1.29, 1.82) is 0 Å². The van der Waals surface area contributed by atoms with E-state index in [0.29, 0.717) is 0 Å². The van der Waals surface area contributed by atoms with Gasteiger partial charge in [0, 0.05) is 24.2 Å². The first-order valence-electron chi connectivity index (χ1n) is 15.3. The van der Waals surface area contributed by atoms with E-state index in [0.717, 1.165) is 6.92 Å². The zero-order valence-electron chi connectivity index (χ0n) is 26.6. The fourth-order valence-corrected chi connectivity index (χ4v) is 8.38. The summed E-state index contributed by atoms with van der Waals surface area (Å²) in [5, 5.41) is 24.8. The highest BCUT2D eigenvalue weighted by Gasteiger charge is 2.77. The Kier molecular flexibility index (Phi) is 8.36. The largest absolute Gasteiger partial charge is 0.459 e. The van der Waals surface area contributed by atoms with Crippen LogP contribution in [0.5, 0.6) is 0 Å². The predicted molar refractivity (Wildman–Crippen MR) is 164 cm³/mol. The Morgan fingerprint density at radius 2 is 1.39 bits per heavy atom. The van der Waals surface area contributed by atoms with E-state index < -0.39 is 87.6 Å². The summed E-state index contributed by atoms with van der Waals surface area (Å²) in [6.07, 6.45) is -5.16. The zero-order chi connectivity index (χ0) is 33.8. The van der Waals surface area contributed by atoms with E-state index in [9.17, 15) is 34.2 Å². The van der Waals surface area contributed by atoms with Crippen LogP contribution >= 0.6 is 0 Å². The molecule has 3 aliphatic rings. The number of fused-ring (bicyclic) bond motifs is 3. The van der Waals surface area contributed by atoms with Gasteiger partial charge in [-0.15, -0.1) is 6.58 Å². The lowest BCUT2D eigenvalue weighted by Gasteiger charge is -2.67. The number of carbonyl (C=O) groups excluding carboxylic acids is 5. The highest BCUT2D eigenvalue weighted by molar-refractivity contribution is 6.06. The van der Waals surface area contributed by atoms with Crippen molar-refractivity contribution in [3.8, 4) is 0 Å². The van der Waals surface area contributed by atoms with Crippen LogP contribution in [-0.4, -0.2) is 69.7 Å². The second-order valence-corrected chi connectivity index (χ2v) is 13.8. The van der Waals surface area contributed by atoms with Crippen LogP contribution in [0.15, 0.2) is 73.3 Å². The van der Waals surface area contributed by atoms with Gasteiger partial charge in [0.2, 0.25) is 0 Å². The molecule has 10 heteroatoms. The average Bonchev–Trinajstić information content (AvgIpc) is 3.02. The summed E-state index contributed by atoms with van der Waals surface area (Å²) in [5.74, 6) is -5.98. The number of carbonyl (C=O) groups is 5. The number of benzene rings is 2. The number of hydrogen-bond acceptors (Lipinski definition) is 10. The van der Waals surface area contributed by atoms with Crippen molar-refractivity contribution in [3.63, 3.8) is 0 Å². The van der Waals surface area contributed by atoms with E-state index in [1.165, 1.54) is 25.1 Å². The Morgan fingerprint density at radius 3 is 1.89 bits per heavy atom. The zero-order valence-corrected chi connectivity index (χ0v) is 26.6. The summed E-state index contributed by atoms with van der Waals surface area (Å²) in [5.41, 5.74) is -6.40. The number of aliphatic hydroxyl groups is 2. The number of Topliss-reactive ketones (excluding diaryl/α,β-unsaturated/α-hetero) is 2. The first kappa shape index (κ1) is 33.2. The highest BCUT2D eigenvalue weighted by Crippen LogP contribution is 2.66. The third-order valence-electron chi connectivity index (χ3n) is 10.6. The third-order valence-corrected chi connectivity index (χ3v) is 10.6. The first-order chi connectivity index (χ1) is 21.5. The van der Waals surface area contributed by atoms with E-state index >= 15 is 0 Å². The molecular formula is C36H40O10. The van der Waals surface area contributed by atoms with Gasteiger partial charge in [-0.3, -0.25) is 14.4 Å². The molecule has 0 bridgehead atoms. The summed E-state index contributed by atoms with van der Waals surface area (Å²) < 4.78 is 17.6. The molecular weight excluding hydrogens is 592 g/mol. The minimum Gasteiger partial charge on any atom is -0.459 e. The van der Waals surface area contributed by atoms with Gasteiger partial charge in [0.15, 0.2) is 17.5 Å². The summed E-state index contributed by atoms with van der Waals surface area (Å²) in [6, 6.07) is 16.2. The van der Waals surface area contributed by atoms with Crippen LogP contribution in [0.25, 0.3) is 0 Å². The molecule has 2 aromatic carbocycles. The van der Waals surface area contributed by atoms with E-state index in [2.05, 4.69) is 6.58 Å². The highest BCUT2D eigenvalue weighted by atomic mass is 16.6. The Hall–Kier alpha value is -4.15. The van der Waals surface area contributed by atoms with Gasteiger partial charge in [0.1, 0.15) is 24.1 Å². The molecule has 2 N–H and O–H groups in total. The van der Waals surface area contributed by atoms with Crippen LogP contribution in [0.1, 0.15) is 68.2 Å². The molecule has 10 nitrogen and oxygen atoms in total. The lowest BCUT2D eigenvalue weighted by molar-refractivity contribution is -0.290. The van der Waals surface area contributed by atoms with Crippen LogP contribution < -0.4 is 0 Å². The molecule has 3 fully saturated rings. The molecule has 0 aromatic heterocycles. The van der Waals surface area contributed by atoms with Crippen molar-refractivity contribution in [3.05, 3.63) is 84.4 Å². The minimum atomic E-state index is -2.53. The number of rotatable bonds is 6. The first-order valence-corrected chi connectivity index (χ1v) is 15.3. The molecule has 5 rings (SSSR count). The van der Waals surface area contributed by atoms with Crippen LogP contribution in [0, 0.1) is 28.1 Å². The Balaban J connectivity index is 1.68. The van der Waals surface area contributed by atoms with Crippen LogP contribution in [-0.2, 0) is 28.6 Å². The van der Waals surface area contributed by atoms with Crippen molar-refractivity contribution < 1.29 is 48.4 Å². The maximum Gasteiger partial charge on any atom is 0.338 e. The molecule has 9 atom stereocenters. The number of aliphatic hydroxyl groups excluding tert-OH is 1. The standard InChI is InChI=1S/C36H40O10/c1-7-34(5)19-23(38)27-35(6)24(18-25(44-20(2)37)36(27,43)32(34)42)33(3,4)29(46-31(41)22-16-12-9-13-17-22)26(28(35)39)45-30(40)21-14-10-8-11-15-21/h7-17,24-29,39,43H,1,18-19H2,2-6H3. The average molecular weight is 633 g/mol. The van der Waals surface area contributed by atoms with Gasteiger partial charge in [-0.25, -0.2) is 9.59 Å². The summed E-state index contributed by atoms with van der Waals surface area (Å²) in [4.78, 5) is 67.7. The van der Waals surface area contributed by atoms with E-state index in [1.54, 1.807) is 69.3 Å². The molecule has 9 unspecified atom stereocenters. The van der Waals surface area contributed by atoms with E-state index in [1.807, 2.05) is 0 Å². The number of ether oxygens (including phenoxy) is 3. The summed E-state index contributed by atoms with van der Waals surface area (Å²) in [7, 11) is 0. The molecule has 0 amide bonds. The second kappa shape index (κ2) is 11.6. The SMILES string of the molecule is C=CC1(C)CC(=O)C2C(O)(C1=O)C(OC(C)=O)CC1C(C)(C)C(OC(=O)c3ccccc3)C(OC(=O)c3ccccc3)C(O)C12C. The summed E-state index contributed by atoms with van der Waals surface area (Å²) in [6.45, 7) is 11.4. The number of allylic oxidation sites excluding steroid dienone is 1. The van der Waals surface area contributed by atoms with Gasteiger partial charge in [-0.1, -0.05) is 63.2 Å². The van der Waals surface area contributed by atoms with Gasteiger partial charge in [0.05, 0.1) is 22.5 Å². The van der Waals surface area contributed by atoms with Crippen LogP contribution in [0.4, 0.5) is 0 Å². The minimum absolute atomic E-state index is 0.169. The quantitative estimate of drug-likeness (QED) is 0.273. The number of esters is 3. The maximum atomic E-state index is 14.2. The molecule has 2 aromatic rings. The topological polar surface area (TPSA) is 154 Å². The fourth-order valence-electron chi connectivity index (χ4n) is 8.38. The van der Waals surface area contributed by atoms with Crippen molar-refractivity contribution in [2.45, 2.75) is 77.5 Å². The van der Waals surface area contributed by atoms with E-state index in [-0.39, 0.29) is 24.0 Å². The maximum absolute atomic E-state index is 14.2. The van der Waals surface area contributed by atoms with Crippen LogP contribution in [0.3, 0.4) is 0 Å². The smallest absolute Gasteiger partial charge is 0.338 e. The van der Waals surface area contributed by atoms with Crippen molar-refractivity contribution in [1.82, 2.24) is 0 Å². The lowest BCUT2D eigenvalue weighted by atomic mass is 9.39. The number of ketones is 2. The number of hydrogen-bond donors (Lipinski definition) is 2. The molecule has 3 aliphatic carbocycles. The van der Waals surface area contributed by atoms with Gasteiger partial charge >= 0.3 is 17.9 Å². The predicted octanol–water partition coefficient (Wildman–Crippen LogP) is 3.88. The molecule has 0 aliphatic heterocycles. The van der Waals surface area contributed by atoms with Gasteiger partial charge in [-0.2, -0.15) is 0 Å². The third kappa shape index (κ3) is 4.98. The Labute approximate surface area is 267 Å². The van der Waals surface area contributed by atoms with E-state index in [4.69, 9.17) is 14.2 Å². The second-order valence-electron chi connectivity index (χ2n) is 13.8. The molecule has 0 radical (unpaired) electrons. The molecule has 244 valence electrons. The molecule has 46 heavy (non-hydrogen) atoms. The molecule has 3 saturated carbocycles. The summed E-state index contributed by atoms with van der Waals surface area (Å²) >= 11 is 0. The molecule has 0 spiro atoms. The van der Waals surface area contributed by atoms with Gasteiger partial charge < -0.3 is 24.4 Å².